The molecule has 0 saturated carbocycles. The number of benzene rings is 1. The Kier molecular flexibility index (Phi) is 5.40. The monoisotopic (exact) mass is 359 g/mol. The van der Waals surface area contributed by atoms with Gasteiger partial charge in [-0.15, -0.1) is 21.5 Å². The van der Waals surface area contributed by atoms with Crippen molar-refractivity contribution in [1.82, 2.24) is 15.5 Å². The van der Waals surface area contributed by atoms with E-state index in [0.717, 1.165) is 10.6 Å². The van der Waals surface area contributed by atoms with E-state index in [1.54, 1.807) is 41.7 Å². The zero-order chi connectivity index (χ0) is 16.8. The molecule has 2 heterocycles. The molecule has 0 saturated heterocycles. The molecule has 2 aromatic heterocycles. The van der Waals surface area contributed by atoms with E-state index in [4.69, 9.17) is 16.3 Å². The molecule has 24 heavy (non-hydrogen) atoms. The Balaban J connectivity index is 1.46. The van der Waals surface area contributed by atoms with Gasteiger partial charge in [0.1, 0.15) is 12.3 Å². The van der Waals surface area contributed by atoms with Crippen LogP contribution in [0.1, 0.15) is 10.4 Å². The average molecular weight is 360 g/mol. The highest BCUT2D eigenvalue weighted by atomic mass is 35.5. The molecule has 0 unspecified atom stereocenters. The largest absolute Gasteiger partial charge is 0.475 e. The van der Waals surface area contributed by atoms with Crippen LogP contribution >= 0.6 is 22.9 Å². The Morgan fingerprint density at radius 1 is 1.17 bits per heavy atom. The summed E-state index contributed by atoms with van der Waals surface area (Å²) in [6.45, 7) is 0.666. The highest BCUT2D eigenvalue weighted by molar-refractivity contribution is 7.13. The number of ether oxygens (including phenoxy) is 1. The fraction of sp³-hybridized carbons (Fsp3) is 0.118. The van der Waals surface area contributed by atoms with Crippen LogP contribution in [0.25, 0.3) is 10.6 Å². The number of aromatic nitrogens is 2. The molecule has 0 spiro atoms. The Labute approximate surface area is 148 Å². The van der Waals surface area contributed by atoms with Gasteiger partial charge in [-0.25, -0.2) is 0 Å². The lowest BCUT2D eigenvalue weighted by atomic mass is 10.2. The van der Waals surface area contributed by atoms with Gasteiger partial charge in [0.2, 0.25) is 5.88 Å². The zero-order valence-electron chi connectivity index (χ0n) is 12.6. The predicted molar refractivity (Wildman–Crippen MR) is 94.6 cm³/mol. The zero-order valence-corrected chi connectivity index (χ0v) is 14.2. The molecular formula is C17H14ClN3O2S. The van der Waals surface area contributed by atoms with Crippen molar-refractivity contribution in [3.8, 4) is 16.5 Å². The van der Waals surface area contributed by atoms with E-state index in [9.17, 15) is 4.79 Å². The van der Waals surface area contributed by atoms with E-state index in [1.165, 1.54) is 0 Å². The lowest BCUT2D eigenvalue weighted by molar-refractivity contribution is 0.0946. The lowest BCUT2D eigenvalue weighted by Gasteiger charge is -2.07. The normalized spacial score (nSPS) is 10.4. The molecule has 0 radical (unpaired) electrons. The van der Waals surface area contributed by atoms with E-state index < -0.39 is 0 Å². The van der Waals surface area contributed by atoms with Gasteiger partial charge in [-0.1, -0.05) is 23.7 Å². The Bertz CT molecular complexity index is 807. The first-order valence-electron chi connectivity index (χ1n) is 7.26. The second-order valence-corrected chi connectivity index (χ2v) is 6.23. The van der Waals surface area contributed by atoms with Gasteiger partial charge in [0.05, 0.1) is 11.4 Å². The molecule has 5 nitrogen and oxygen atoms in total. The van der Waals surface area contributed by atoms with Gasteiger partial charge in [-0.05, 0) is 35.7 Å². The summed E-state index contributed by atoms with van der Waals surface area (Å²) >= 11 is 7.47. The minimum absolute atomic E-state index is 0.194. The third-order valence-corrected chi connectivity index (χ3v) is 4.27. The number of halogens is 1. The van der Waals surface area contributed by atoms with Crippen LogP contribution in [-0.2, 0) is 0 Å². The molecule has 3 rings (SSSR count). The van der Waals surface area contributed by atoms with Gasteiger partial charge < -0.3 is 10.1 Å². The molecule has 0 bridgehead atoms. The van der Waals surface area contributed by atoms with Crippen LogP contribution in [0.2, 0.25) is 5.02 Å². The molecule has 1 aromatic carbocycles. The maximum atomic E-state index is 11.9. The SMILES string of the molecule is O=C(NCCOc1ccc(-c2cccs2)nn1)c1cccc(Cl)c1. The van der Waals surface area contributed by atoms with Crippen molar-refractivity contribution in [2.24, 2.45) is 0 Å². The molecule has 1 N–H and O–H groups in total. The van der Waals surface area contributed by atoms with Crippen LogP contribution in [0.5, 0.6) is 5.88 Å². The summed E-state index contributed by atoms with van der Waals surface area (Å²) < 4.78 is 5.48. The Morgan fingerprint density at radius 2 is 2.08 bits per heavy atom. The summed E-state index contributed by atoms with van der Waals surface area (Å²) in [5.74, 6) is 0.229. The molecule has 1 amide bonds. The van der Waals surface area contributed by atoms with Crippen molar-refractivity contribution in [1.29, 1.82) is 0 Å². The molecule has 0 aliphatic rings. The Morgan fingerprint density at radius 3 is 2.79 bits per heavy atom. The topological polar surface area (TPSA) is 64.1 Å². The summed E-state index contributed by atoms with van der Waals surface area (Å²) in [5.41, 5.74) is 1.33. The minimum atomic E-state index is -0.194. The number of thiophene rings is 1. The van der Waals surface area contributed by atoms with Crippen LogP contribution in [0.15, 0.2) is 53.9 Å². The summed E-state index contributed by atoms with van der Waals surface area (Å²) in [5, 5.41) is 13.4. The quantitative estimate of drug-likeness (QED) is 0.682. The summed E-state index contributed by atoms with van der Waals surface area (Å²) in [7, 11) is 0. The van der Waals surface area contributed by atoms with Crippen LogP contribution in [-0.4, -0.2) is 29.3 Å². The summed E-state index contributed by atoms with van der Waals surface area (Å²) in [6.07, 6.45) is 0. The van der Waals surface area contributed by atoms with Crippen molar-refractivity contribution in [3.05, 3.63) is 64.5 Å². The van der Waals surface area contributed by atoms with Crippen molar-refractivity contribution in [2.75, 3.05) is 13.2 Å². The maximum absolute atomic E-state index is 11.9. The van der Waals surface area contributed by atoms with Gasteiger partial charge in [0.25, 0.3) is 5.91 Å². The Hall–Kier alpha value is -2.44. The molecule has 7 heteroatoms. The number of rotatable bonds is 6. The maximum Gasteiger partial charge on any atom is 0.251 e. The molecule has 0 atom stereocenters. The molecular weight excluding hydrogens is 346 g/mol. The third-order valence-electron chi connectivity index (χ3n) is 3.14. The summed E-state index contributed by atoms with van der Waals surface area (Å²) in [4.78, 5) is 13.0. The van der Waals surface area contributed by atoms with E-state index in [-0.39, 0.29) is 5.91 Å². The second kappa shape index (κ2) is 7.90. The number of nitrogens with zero attached hydrogens (tertiary/aromatic N) is 2. The number of hydrogen-bond acceptors (Lipinski definition) is 5. The predicted octanol–water partition coefficient (Wildman–Crippen LogP) is 3.67. The van der Waals surface area contributed by atoms with Crippen LogP contribution in [0.4, 0.5) is 0 Å². The number of carbonyl (C=O) groups excluding carboxylic acids is 1. The van der Waals surface area contributed by atoms with Crippen molar-refractivity contribution >= 4 is 28.8 Å². The van der Waals surface area contributed by atoms with E-state index in [0.29, 0.717) is 29.6 Å². The first kappa shape index (κ1) is 16.4. The fourth-order valence-electron chi connectivity index (χ4n) is 2.00. The highest BCUT2D eigenvalue weighted by Gasteiger charge is 2.06. The van der Waals surface area contributed by atoms with Crippen molar-refractivity contribution < 1.29 is 9.53 Å². The van der Waals surface area contributed by atoms with Gasteiger partial charge in [0, 0.05) is 16.7 Å². The minimum Gasteiger partial charge on any atom is -0.475 e. The highest BCUT2D eigenvalue weighted by Crippen LogP contribution is 2.22. The van der Waals surface area contributed by atoms with E-state index in [2.05, 4.69) is 15.5 Å². The van der Waals surface area contributed by atoms with E-state index >= 15 is 0 Å². The summed E-state index contributed by atoms with van der Waals surface area (Å²) in [6, 6.07) is 14.4. The molecule has 0 fully saturated rings. The second-order valence-electron chi connectivity index (χ2n) is 4.85. The van der Waals surface area contributed by atoms with Crippen LogP contribution < -0.4 is 10.1 Å². The molecule has 122 valence electrons. The number of carbonyl (C=O) groups is 1. The van der Waals surface area contributed by atoms with Gasteiger partial charge >= 0.3 is 0 Å². The van der Waals surface area contributed by atoms with Crippen LogP contribution in [0.3, 0.4) is 0 Å². The van der Waals surface area contributed by atoms with Gasteiger partial charge in [-0.3, -0.25) is 4.79 Å². The number of amides is 1. The van der Waals surface area contributed by atoms with Crippen LogP contribution in [0, 0.1) is 0 Å². The first-order chi connectivity index (χ1) is 11.7. The molecule has 3 aromatic rings. The average Bonchev–Trinajstić information content (AvgIpc) is 3.14. The molecule has 0 aliphatic heterocycles. The van der Waals surface area contributed by atoms with Crippen molar-refractivity contribution in [3.63, 3.8) is 0 Å². The number of hydrogen-bond donors (Lipinski definition) is 1. The van der Waals surface area contributed by atoms with Gasteiger partial charge in [-0.2, -0.15) is 0 Å². The number of nitrogens with one attached hydrogen (secondary N) is 1. The van der Waals surface area contributed by atoms with Gasteiger partial charge in [0.15, 0.2) is 0 Å². The fourth-order valence-corrected chi connectivity index (χ4v) is 2.89. The van der Waals surface area contributed by atoms with Crippen molar-refractivity contribution in [2.45, 2.75) is 0 Å². The lowest BCUT2D eigenvalue weighted by Crippen LogP contribution is -2.28. The first-order valence-corrected chi connectivity index (χ1v) is 8.52. The van der Waals surface area contributed by atoms with E-state index in [1.807, 2.05) is 23.6 Å². The smallest absolute Gasteiger partial charge is 0.251 e. The molecule has 0 aliphatic carbocycles. The third kappa shape index (κ3) is 4.31. The standard InChI is InChI=1S/C17H14ClN3O2S/c18-13-4-1-3-12(11-13)17(22)19-8-9-23-16-7-6-14(20-21-16)15-5-2-10-24-15/h1-7,10-11H,8-9H2,(H,19,22).